The Hall–Kier alpha value is -0.690. The fourth-order valence-corrected chi connectivity index (χ4v) is 2.56. The van der Waals surface area contributed by atoms with Crippen molar-refractivity contribution in [3.63, 3.8) is 0 Å². The van der Waals surface area contributed by atoms with E-state index in [4.69, 9.17) is 17.3 Å². The minimum Gasteiger partial charge on any atom is -0.398 e. The standard InChI is InChI=1S/C10H6ClF2IN2/c11-4-1-5-7(15)3-8(10(12)13)16-9(5)6(14)2-4/h1-3,10H,(H2,15,16). The van der Waals surface area contributed by atoms with E-state index in [1.54, 1.807) is 12.1 Å². The highest BCUT2D eigenvalue weighted by Gasteiger charge is 2.13. The largest absolute Gasteiger partial charge is 0.398 e. The smallest absolute Gasteiger partial charge is 0.280 e. The van der Waals surface area contributed by atoms with Crippen LogP contribution in [0.4, 0.5) is 14.5 Å². The molecule has 0 spiro atoms. The van der Waals surface area contributed by atoms with Crippen molar-refractivity contribution in [3.05, 3.63) is 32.5 Å². The molecule has 0 fully saturated rings. The molecule has 0 saturated heterocycles. The first kappa shape index (κ1) is 11.8. The summed E-state index contributed by atoms with van der Waals surface area (Å²) >= 11 is 7.86. The number of nitrogen functional groups attached to an aromatic ring is 1. The number of aromatic nitrogens is 1. The van der Waals surface area contributed by atoms with Crippen LogP contribution in [0.25, 0.3) is 10.9 Å². The summed E-state index contributed by atoms with van der Waals surface area (Å²) in [7, 11) is 0. The first-order valence-corrected chi connectivity index (χ1v) is 5.78. The highest BCUT2D eigenvalue weighted by Crippen LogP contribution is 2.30. The van der Waals surface area contributed by atoms with E-state index in [-0.39, 0.29) is 11.4 Å². The lowest BCUT2D eigenvalue weighted by Gasteiger charge is -2.07. The van der Waals surface area contributed by atoms with E-state index < -0.39 is 6.43 Å². The van der Waals surface area contributed by atoms with Gasteiger partial charge in [0.1, 0.15) is 5.69 Å². The molecule has 0 aliphatic carbocycles. The Bertz CT molecular complexity index is 560. The van der Waals surface area contributed by atoms with Crippen LogP contribution >= 0.6 is 34.2 Å². The molecule has 0 aliphatic heterocycles. The minimum absolute atomic E-state index is 0.265. The summed E-state index contributed by atoms with van der Waals surface area (Å²) in [6.07, 6.45) is -2.63. The van der Waals surface area contributed by atoms with E-state index in [2.05, 4.69) is 4.98 Å². The van der Waals surface area contributed by atoms with E-state index in [0.717, 1.165) is 0 Å². The highest BCUT2D eigenvalue weighted by atomic mass is 127. The number of halogens is 4. The first-order chi connectivity index (χ1) is 7.49. The van der Waals surface area contributed by atoms with Crippen molar-refractivity contribution in [2.75, 3.05) is 5.73 Å². The second-order valence-electron chi connectivity index (χ2n) is 3.22. The maximum atomic E-state index is 12.5. The fraction of sp³-hybridized carbons (Fsp3) is 0.100. The first-order valence-electron chi connectivity index (χ1n) is 4.32. The van der Waals surface area contributed by atoms with Gasteiger partial charge in [-0.05, 0) is 40.8 Å². The lowest BCUT2D eigenvalue weighted by atomic mass is 10.1. The van der Waals surface area contributed by atoms with Crippen LogP contribution in [0.3, 0.4) is 0 Å². The molecule has 2 rings (SSSR count). The van der Waals surface area contributed by atoms with Crippen LogP contribution < -0.4 is 5.73 Å². The van der Waals surface area contributed by atoms with Gasteiger partial charge in [-0.25, -0.2) is 13.8 Å². The number of benzene rings is 1. The van der Waals surface area contributed by atoms with Gasteiger partial charge in [0.05, 0.1) is 5.52 Å². The lowest BCUT2D eigenvalue weighted by molar-refractivity contribution is 0.146. The fourth-order valence-electron chi connectivity index (χ4n) is 1.41. The van der Waals surface area contributed by atoms with Crippen LogP contribution in [0.15, 0.2) is 18.2 Å². The Morgan fingerprint density at radius 1 is 1.31 bits per heavy atom. The van der Waals surface area contributed by atoms with E-state index in [9.17, 15) is 8.78 Å². The number of anilines is 1. The molecule has 0 atom stereocenters. The number of nitrogens with zero attached hydrogens (tertiary/aromatic N) is 1. The van der Waals surface area contributed by atoms with Crippen LogP contribution in [0.5, 0.6) is 0 Å². The molecule has 0 radical (unpaired) electrons. The van der Waals surface area contributed by atoms with Gasteiger partial charge in [-0.3, -0.25) is 0 Å². The third kappa shape index (κ3) is 2.06. The summed E-state index contributed by atoms with van der Waals surface area (Å²) in [5.74, 6) is 0. The van der Waals surface area contributed by atoms with Gasteiger partial charge in [-0.2, -0.15) is 0 Å². The molecule has 6 heteroatoms. The second-order valence-corrected chi connectivity index (χ2v) is 4.82. The van der Waals surface area contributed by atoms with Gasteiger partial charge in [0, 0.05) is 19.7 Å². The average molecular weight is 355 g/mol. The van der Waals surface area contributed by atoms with Crippen molar-refractivity contribution in [2.24, 2.45) is 0 Å². The SMILES string of the molecule is Nc1cc(C(F)F)nc2c(I)cc(Cl)cc12. The summed E-state index contributed by atoms with van der Waals surface area (Å²) in [4.78, 5) is 3.88. The molecule has 84 valence electrons. The zero-order valence-electron chi connectivity index (χ0n) is 7.85. The van der Waals surface area contributed by atoms with Gasteiger partial charge in [-0.15, -0.1) is 0 Å². The van der Waals surface area contributed by atoms with Gasteiger partial charge in [0.25, 0.3) is 6.43 Å². The minimum atomic E-state index is -2.63. The van der Waals surface area contributed by atoms with Gasteiger partial charge in [-0.1, -0.05) is 11.6 Å². The molecule has 2 aromatic rings. The van der Waals surface area contributed by atoms with Crippen LogP contribution in [0.1, 0.15) is 12.1 Å². The number of nitrogens with two attached hydrogens (primary N) is 1. The highest BCUT2D eigenvalue weighted by molar-refractivity contribution is 14.1. The maximum absolute atomic E-state index is 12.5. The molecular formula is C10H6ClF2IN2. The molecule has 1 aromatic carbocycles. The van der Waals surface area contributed by atoms with Crippen LogP contribution in [0, 0.1) is 3.57 Å². The molecule has 0 bridgehead atoms. The monoisotopic (exact) mass is 354 g/mol. The van der Waals surface area contributed by atoms with E-state index in [0.29, 0.717) is 19.5 Å². The average Bonchev–Trinajstić information content (AvgIpc) is 2.19. The second kappa shape index (κ2) is 4.29. The molecule has 0 saturated carbocycles. The van der Waals surface area contributed by atoms with Crippen molar-refractivity contribution in [3.8, 4) is 0 Å². The normalized spacial score (nSPS) is 11.3. The van der Waals surface area contributed by atoms with Crippen LogP contribution in [-0.2, 0) is 0 Å². The van der Waals surface area contributed by atoms with E-state index >= 15 is 0 Å². The molecule has 0 unspecified atom stereocenters. The number of alkyl halides is 2. The van der Waals surface area contributed by atoms with Crippen molar-refractivity contribution >= 4 is 50.8 Å². The summed E-state index contributed by atoms with van der Waals surface area (Å²) in [5.41, 5.74) is 6.11. The topological polar surface area (TPSA) is 38.9 Å². The number of fused-ring (bicyclic) bond motifs is 1. The summed E-state index contributed by atoms with van der Waals surface area (Å²) in [5, 5.41) is 1.11. The predicted octanol–water partition coefficient (Wildman–Crippen LogP) is 4.01. The molecule has 1 aromatic heterocycles. The maximum Gasteiger partial charge on any atom is 0.280 e. The Morgan fingerprint density at radius 2 is 2.00 bits per heavy atom. The van der Waals surface area contributed by atoms with E-state index in [1.807, 2.05) is 22.6 Å². The predicted molar refractivity (Wildman–Crippen MR) is 68.8 cm³/mol. The van der Waals surface area contributed by atoms with Gasteiger partial charge >= 0.3 is 0 Å². The zero-order chi connectivity index (χ0) is 11.9. The van der Waals surface area contributed by atoms with Crippen LogP contribution in [-0.4, -0.2) is 4.98 Å². The van der Waals surface area contributed by atoms with Gasteiger partial charge in [0.15, 0.2) is 0 Å². The summed E-state index contributed by atoms with van der Waals surface area (Å²) in [6.45, 7) is 0. The number of hydrogen-bond donors (Lipinski definition) is 1. The zero-order valence-corrected chi connectivity index (χ0v) is 10.8. The third-order valence-corrected chi connectivity index (χ3v) is 3.15. The molecule has 2 N–H and O–H groups in total. The van der Waals surface area contributed by atoms with Gasteiger partial charge < -0.3 is 5.73 Å². The van der Waals surface area contributed by atoms with Gasteiger partial charge in [0.2, 0.25) is 0 Å². The van der Waals surface area contributed by atoms with E-state index in [1.165, 1.54) is 6.07 Å². The Morgan fingerprint density at radius 3 is 2.62 bits per heavy atom. The summed E-state index contributed by atoms with van der Waals surface area (Å²) in [6, 6.07) is 4.46. The molecule has 2 nitrogen and oxygen atoms in total. The Kier molecular flexibility index (Phi) is 3.16. The van der Waals surface area contributed by atoms with Crippen molar-refractivity contribution in [1.82, 2.24) is 4.98 Å². The molecule has 16 heavy (non-hydrogen) atoms. The van der Waals surface area contributed by atoms with Crippen molar-refractivity contribution < 1.29 is 8.78 Å². The Labute approximate surface area is 109 Å². The number of pyridine rings is 1. The molecular weight excluding hydrogens is 348 g/mol. The van der Waals surface area contributed by atoms with Crippen molar-refractivity contribution in [1.29, 1.82) is 0 Å². The number of hydrogen-bond acceptors (Lipinski definition) is 2. The molecule has 0 aliphatic rings. The number of rotatable bonds is 1. The Balaban J connectivity index is 2.82. The molecule has 0 amide bonds. The van der Waals surface area contributed by atoms with Crippen molar-refractivity contribution in [2.45, 2.75) is 6.43 Å². The third-order valence-electron chi connectivity index (χ3n) is 2.11. The molecule has 1 heterocycles. The van der Waals surface area contributed by atoms with Crippen LogP contribution in [0.2, 0.25) is 5.02 Å². The summed E-state index contributed by atoms with van der Waals surface area (Å²) < 4.78 is 25.8. The lowest BCUT2D eigenvalue weighted by Crippen LogP contribution is -1.97. The quantitative estimate of drug-likeness (QED) is 0.786.